The molecule has 0 bridgehead atoms. The Morgan fingerprint density at radius 2 is 2.00 bits per heavy atom. The lowest BCUT2D eigenvalue weighted by Gasteiger charge is -2.07. The van der Waals surface area contributed by atoms with E-state index in [2.05, 4.69) is 22.4 Å². The molecular weight excluding hydrogens is 294 g/mol. The molecule has 2 aromatic carbocycles. The Hall–Kier alpha value is -2.66. The topological polar surface area (TPSA) is 47.0 Å². The molecule has 0 aliphatic heterocycles. The van der Waals surface area contributed by atoms with Crippen LogP contribution in [0.2, 0.25) is 0 Å². The van der Waals surface area contributed by atoms with Gasteiger partial charge in [-0.3, -0.25) is 4.98 Å². The molecule has 22 heavy (non-hydrogen) atoms. The normalized spacial score (nSPS) is 11.0. The summed E-state index contributed by atoms with van der Waals surface area (Å²) in [4.78, 5) is 8.90. The highest BCUT2D eigenvalue weighted by molar-refractivity contribution is 7.22. The van der Waals surface area contributed by atoms with Crippen molar-refractivity contribution in [3.63, 3.8) is 0 Å². The molecule has 4 nitrogen and oxygen atoms in total. The summed E-state index contributed by atoms with van der Waals surface area (Å²) in [5.41, 5.74) is 1.91. The summed E-state index contributed by atoms with van der Waals surface area (Å²) in [5, 5.41) is 6.42. The smallest absolute Gasteiger partial charge is 0.188 e. The van der Waals surface area contributed by atoms with E-state index in [1.54, 1.807) is 24.6 Å². The number of aromatic nitrogens is 2. The number of fused-ring (bicyclic) bond motifs is 3. The number of rotatable bonds is 3. The van der Waals surface area contributed by atoms with Crippen molar-refractivity contribution in [1.82, 2.24) is 9.97 Å². The van der Waals surface area contributed by atoms with Crippen molar-refractivity contribution in [2.24, 2.45) is 0 Å². The van der Waals surface area contributed by atoms with Crippen molar-refractivity contribution in [3.05, 3.63) is 54.9 Å². The highest BCUT2D eigenvalue weighted by atomic mass is 32.1. The lowest BCUT2D eigenvalue weighted by atomic mass is 10.1. The first-order valence-electron chi connectivity index (χ1n) is 6.88. The van der Waals surface area contributed by atoms with Crippen molar-refractivity contribution in [2.75, 3.05) is 12.4 Å². The number of anilines is 2. The van der Waals surface area contributed by atoms with Crippen molar-refractivity contribution in [2.45, 2.75) is 0 Å². The fraction of sp³-hybridized carbons (Fsp3) is 0.0588. The molecule has 4 aromatic rings. The number of nitrogens with one attached hydrogen (secondary N) is 1. The average molecular weight is 307 g/mol. The third-order valence-electron chi connectivity index (χ3n) is 3.52. The first-order valence-corrected chi connectivity index (χ1v) is 7.70. The second-order valence-corrected chi connectivity index (χ2v) is 5.88. The molecule has 0 unspecified atom stereocenters. The molecule has 1 N–H and O–H groups in total. The van der Waals surface area contributed by atoms with Crippen LogP contribution in [0.3, 0.4) is 0 Å². The van der Waals surface area contributed by atoms with Gasteiger partial charge in [-0.15, -0.1) is 0 Å². The van der Waals surface area contributed by atoms with Gasteiger partial charge in [0.25, 0.3) is 0 Å². The van der Waals surface area contributed by atoms with Crippen molar-refractivity contribution in [1.29, 1.82) is 0 Å². The van der Waals surface area contributed by atoms with Gasteiger partial charge in [-0.05, 0) is 24.3 Å². The van der Waals surface area contributed by atoms with Crippen LogP contribution in [0, 0.1) is 0 Å². The van der Waals surface area contributed by atoms with E-state index in [4.69, 9.17) is 9.72 Å². The molecule has 0 amide bonds. The second-order valence-electron chi connectivity index (χ2n) is 4.85. The van der Waals surface area contributed by atoms with Crippen LogP contribution in [-0.2, 0) is 0 Å². The fourth-order valence-corrected chi connectivity index (χ4v) is 3.37. The van der Waals surface area contributed by atoms with E-state index in [1.165, 1.54) is 0 Å². The SMILES string of the molecule is COc1ccccc1Nc1nc2c(ccc3cnccc32)s1. The molecule has 4 rings (SSSR count). The van der Waals surface area contributed by atoms with E-state index >= 15 is 0 Å². The summed E-state index contributed by atoms with van der Waals surface area (Å²) in [6.45, 7) is 0. The molecule has 0 spiro atoms. The average Bonchev–Trinajstić information content (AvgIpc) is 2.98. The number of hydrogen-bond donors (Lipinski definition) is 1. The third-order valence-corrected chi connectivity index (χ3v) is 4.46. The quantitative estimate of drug-likeness (QED) is 0.601. The van der Waals surface area contributed by atoms with Gasteiger partial charge >= 0.3 is 0 Å². The molecule has 0 saturated heterocycles. The number of pyridine rings is 1. The van der Waals surface area contributed by atoms with Crippen molar-refractivity contribution >= 4 is 43.1 Å². The number of benzene rings is 2. The largest absolute Gasteiger partial charge is 0.495 e. The molecule has 0 radical (unpaired) electrons. The molecule has 0 aliphatic rings. The summed E-state index contributed by atoms with van der Waals surface area (Å²) in [7, 11) is 1.67. The van der Waals surface area contributed by atoms with Crippen molar-refractivity contribution < 1.29 is 4.74 Å². The van der Waals surface area contributed by atoms with Crippen LogP contribution in [0.4, 0.5) is 10.8 Å². The Labute approximate surface area is 131 Å². The first-order chi connectivity index (χ1) is 10.8. The zero-order valence-electron chi connectivity index (χ0n) is 11.9. The lowest BCUT2D eigenvalue weighted by molar-refractivity contribution is 0.417. The Balaban J connectivity index is 1.81. The summed E-state index contributed by atoms with van der Waals surface area (Å²) in [6.07, 6.45) is 3.66. The molecule has 0 atom stereocenters. The van der Waals surface area contributed by atoms with Crippen LogP contribution >= 0.6 is 11.3 Å². The van der Waals surface area contributed by atoms with Gasteiger partial charge in [0, 0.05) is 23.2 Å². The van der Waals surface area contributed by atoms with Gasteiger partial charge in [0.2, 0.25) is 0 Å². The Bertz CT molecular complexity index is 964. The second kappa shape index (κ2) is 5.27. The maximum atomic E-state index is 5.37. The summed E-state index contributed by atoms with van der Waals surface area (Å²) < 4.78 is 6.52. The summed E-state index contributed by atoms with van der Waals surface area (Å²) in [5.74, 6) is 0.802. The zero-order chi connectivity index (χ0) is 14.9. The number of methoxy groups -OCH3 is 1. The molecule has 2 aromatic heterocycles. The number of para-hydroxylation sites is 2. The minimum absolute atomic E-state index is 0.802. The van der Waals surface area contributed by atoms with E-state index < -0.39 is 0 Å². The molecular formula is C17H13N3OS. The monoisotopic (exact) mass is 307 g/mol. The zero-order valence-corrected chi connectivity index (χ0v) is 12.7. The van der Waals surface area contributed by atoms with E-state index in [9.17, 15) is 0 Å². The lowest BCUT2D eigenvalue weighted by Crippen LogP contribution is -1.93. The van der Waals surface area contributed by atoms with Crippen LogP contribution in [0.5, 0.6) is 5.75 Å². The maximum Gasteiger partial charge on any atom is 0.188 e. The number of thiazole rings is 1. The third kappa shape index (κ3) is 2.16. The standard InChI is InChI=1S/C17H13N3OS/c1-21-14-5-3-2-4-13(14)19-17-20-16-12-8-9-18-10-11(12)6-7-15(16)22-17/h2-10H,1H3,(H,19,20). The molecule has 108 valence electrons. The summed E-state index contributed by atoms with van der Waals surface area (Å²) >= 11 is 1.63. The van der Waals surface area contributed by atoms with Crippen LogP contribution in [-0.4, -0.2) is 17.1 Å². The van der Waals surface area contributed by atoms with Gasteiger partial charge in [0.1, 0.15) is 5.75 Å². The van der Waals surface area contributed by atoms with E-state index in [1.807, 2.05) is 36.5 Å². The van der Waals surface area contributed by atoms with Crippen LogP contribution < -0.4 is 10.1 Å². The molecule has 2 heterocycles. The van der Waals surface area contributed by atoms with Gasteiger partial charge in [0.05, 0.1) is 23.0 Å². The predicted molar refractivity (Wildman–Crippen MR) is 91.2 cm³/mol. The molecule has 0 aliphatic carbocycles. The van der Waals surface area contributed by atoms with Gasteiger partial charge < -0.3 is 10.1 Å². The number of nitrogens with zero attached hydrogens (tertiary/aromatic N) is 2. The van der Waals surface area contributed by atoms with E-state index in [0.29, 0.717) is 0 Å². The maximum absolute atomic E-state index is 5.37. The highest BCUT2D eigenvalue weighted by Crippen LogP contribution is 2.34. The highest BCUT2D eigenvalue weighted by Gasteiger charge is 2.09. The molecule has 5 heteroatoms. The fourth-order valence-electron chi connectivity index (χ4n) is 2.48. The van der Waals surface area contributed by atoms with Gasteiger partial charge in [-0.1, -0.05) is 29.5 Å². The van der Waals surface area contributed by atoms with Crippen LogP contribution in [0.15, 0.2) is 54.9 Å². The van der Waals surface area contributed by atoms with Crippen LogP contribution in [0.25, 0.3) is 21.0 Å². The van der Waals surface area contributed by atoms with Gasteiger partial charge in [-0.2, -0.15) is 0 Å². The van der Waals surface area contributed by atoms with Gasteiger partial charge in [0.15, 0.2) is 5.13 Å². The minimum Gasteiger partial charge on any atom is -0.495 e. The Kier molecular flexibility index (Phi) is 3.12. The first kappa shape index (κ1) is 13.0. The Morgan fingerprint density at radius 3 is 2.91 bits per heavy atom. The molecule has 0 saturated carbocycles. The molecule has 0 fully saturated rings. The number of hydrogen-bond acceptors (Lipinski definition) is 5. The van der Waals surface area contributed by atoms with Crippen molar-refractivity contribution in [3.8, 4) is 5.75 Å². The predicted octanol–water partition coefficient (Wildman–Crippen LogP) is 4.60. The van der Waals surface area contributed by atoms with E-state index in [-0.39, 0.29) is 0 Å². The minimum atomic E-state index is 0.802. The number of ether oxygens (including phenoxy) is 1. The Morgan fingerprint density at radius 1 is 1.09 bits per heavy atom. The van der Waals surface area contributed by atoms with E-state index in [0.717, 1.165) is 37.6 Å². The van der Waals surface area contributed by atoms with Crippen LogP contribution in [0.1, 0.15) is 0 Å². The summed E-state index contributed by atoms with van der Waals surface area (Å²) in [6, 6.07) is 14.0. The van der Waals surface area contributed by atoms with Gasteiger partial charge in [-0.25, -0.2) is 4.98 Å².